The van der Waals surface area contributed by atoms with Crippen LogP contribution in [0.1, 0.15) is 61.3 Å². The topological polar surface area (TPSA) is 0 Å². The van der Waals surface area contributed by atoms with Gasteiger partial charge in [-0.05, 0) is 23.0 Å². The molecule has 0 heterocycles. The Morgan fingerprint density at radius 3 is 1.64 bits per heavy atom. The van der Waals surface area contributed by atoms with Gasteiger partial charge in [-0.2, -0.15) is 11.8 Å². The lowest BCUT2D eigenvalue weighted by Crippen LogP contribution is -2.35. The Morgan fingerprint density at radius 2 is 1.36 bits per heavy atom. The van der Waals surface area contributed by atoms with Crippen molar-refractivity contribution in [3.05, 3.63) is 0 Å². The summed E-state index contributed by atoms with van der Waals surface area (Å²) in [4.78, 5) is 0. The molecule has 0 bridgehead atoms. The molecule has 0 amide bonds. The van der Waals surface area contributed by atoms with Gasteiger partial charge < -0.3 is 0 Å². The smallest absolute Gasteiger partial charge is 0.0144 e. The maximum Gasteiger partial charge on any atom is 0.0144 e. The molecule has 0 aromatic rings. The molecule has 0 rings (SSSR count). The van der Waals surface area contributed by atoms with E-state index in [0.29, 0.717) is 10.8 Å². The molecule has 0 nitrogen and oxygen atoms in total. The molecule has 14 heavy (non-hydrogen) atoms. The molecule has 1 heteroatoms. The summed E-state index contributed by atoms with van der Waals surface area (Å²) < 4.78 is 0. The molecule has 0 aliphatic rings. The molecule has 0 spiro atoms. The summed E-state index contributed by atoms with van der Waals surface area (Å²) in [5.41, 5.74) is 0.827. The molecule has 0 saturated carbocycles. The highest BCUT2D eigenvalue weighted by molar-refractivity contribution is 7.99. The fourth-order valence-electron chi connectivity index (χ4n) is 2.14. The molecular weight excluding hydrogens is 188 g/mol. The van der Waals surface area contributed by atoms with Crippen molar-refractivity contribution in [1.29, 1.82) is 0 Å². The number of thioether (sulfide) groups is 1. The van der Waals surface area contributed by atoms with Gasteiger partial charge in [0.15, 0.2) is 0 Å². The van der Waals surface area contributed by atoms with E-state index in [9.17, 15) is 0 Å². The van der Waals surface area contributed by atoms with Crippen LogP contribution in [0.25, 0.3) is 0 Å². The van der Waals surface area contributed by atoms with Gasteiger partial charge in [0, 0.05) is 5.25 Å². The molecule has 0 N–H and O–H groups in total. The average Bonchev–Trinajstić information content (AvgIpc) is 1.92. The van der Waals surface area contributed by atoms with Gasteiger partial charge in [0.2, 0.25) is 0 Å². The Morgan fingerprint density at radius 1 is 0.929 bits per heavy atom. The van der Waals surface area contributed by atoms with Gasteiger partial charge in [-0.15, -0.1) is 0 Å². The van der Waals surface area contributed by atoms with E-state index in [0.717, 1.165) is 5.25 Å². The quantitative estimate of drug-likeness (QED) is 0.597. The Hall–Kier alpha value is 0.350. The van der Waals surface area contributed by atoms with Crippen LogP contribution in [0.2, 0.25) is 0 Å². The average molecular weight is 216 g/mol. The van der Waals surface area contributed by atoms with Crippen molar-refractivity contribution in [2.75, 3.05) is 5.75 Å². The van der Waals surface area contributed by atoms with Gasteiger partial charge in [0.25, 0.3) is 0 Å². The van der Waals surface area contributed by atoms with Gasteiger partial charge in [0.1, 0.15) is 0 Å². The standard InChI is InChI=1S/C13H28S/c1-8-9-10-14-11(12(2,3)4)13(5,6)7/h11H,8-10H2,1-7H3. The minimum atomic E-state index is 0.413. The number of unbranched alkanes of at least 4 members (excludes halogenated alkanes) is 1. The van der Waals surface area contributed by atoms with Crippen LogP contribution in [0.15, 0.2) is 0 Å². The van der Waals surface area contributed by atoms with Gasteiger partial charge in [-0.1, -0.05) is 54.9 Å². The molecule has 86 valence electrons. The van der Waals surface area contributed by atoms with E-state index in [1.807, 2.05) is 0 Å². The summed E-state index contributed by atoms with van der Waals surface area (Å²) in [5, 5.41) is 0.751. The first-order chi connectivity index (χ1) is 6.19. The Kier molecular flexibility index (Phi) is 5.57. The summed E-state index contributed by atoms with van der Waals surface area (Å²) >= 11 is 2.16. The fraction of sp³-hybridized carbons (Fsp3) is 1.00. The monoisotopic (exact) mass is 216 g/mol. The molecular formula is C13H28S. The van der Waals surface area contributed by atoms with Crippen molar-refractivity contribution in [1.82, 2.24) is 0 Å². The maximum absolute atomic E-state index is 2.36. The van der Waals surface area contributed by atoms with Crippen molar-refractivity contribution < 1.29 is 0 Å². The predicted octanol–water partition coefficient (Wildman–Crippen LogP) is 4.98. The molecule has 0 aliphatic heterocycles. The van der Waals surface area contributed by atoms with E-state index in [1.54, 1.807) is 0 Å². The molecule has 0 aromatic carbocycles. The molecule has 0 atom stereocenters. The van der Waals surface area contributed by atoms with Crippen LogP contribution in [-0.4, -0.2) is 11.0 Å². The van der Waals surface area contributed by atoms with Crippen molar-refractivity contribution in [3.63, 3.8) is 0 Å². The minimum Gasteiger partial charge on any atom is -0.157 e. The second-order valence-corrected chi connectivity index (χ2v) is 7.55. The SMILES string of the molecule is CCCCSC(C(C)(C)C)C(C)(C)C. The van der Waals surface area contributed by atoms with Crippen LogP contribution in [-0.2, 0) is 0 Å². The number of hydrogen-bond donors (Lipinski definition) is 0. The highest BCUT2D eigenvalue weighted by Gasteiger charge is 2.34. The highest BCUT2D eigenvalue weighted by Crippen LogP contribution is 2.42. The van der Waals surface area contributed by atoms with Crippen LogP contribution < -0.4 is 0 Å². The summed E-state index contributed by atoms with van der Waals surface area (Å²) in [5.74, 6) is 1.32. The molecule has 0 aliphatic carbocycles. The van der Waals surface area contributed by atoms with Crippen LogP contribution in [0.3, 0.4) is 0 Å². The molecule has 0 unspecified atom stereocenters. The number of hydrogen-bond acceptors (Lipinski definition) is 1. The van der Waals surface area contributed by atoms with Crippen molar-refractivity contribution in [3.8, 4) is 0 Å². The lowest BCUT2D eigenvalue weighted by molar-refractivity contribution is 0.249. The van der Waals surface area contributed by atoms with Crippen molar-refractivity contribution in [2.45, 2.75) is 66.6 Å². The van der Waals surface area contributed by atoms with E-state index in [-0.39, 0.29) is 0 Å². The summed E-state index contributed by atoms with van der Waals surface area (Å²) in [6.45, 7) is 16.4. The summed E-state index contributed by atoms with van der Waals surface area (Å²) in [6.07, 6.45) is 2.67. The Balaban J connectivity index is 4.28. The zero-order chi connectivity index (χ0) is 11.4. The lowest BCUT2D eigenvalue weighted by Gasteiger charge is -2.40. The normalized spacial score (nSPS) is 13.7. The lowest BCUT2D eigenvalue weighted by atomic mass is 9.77. The number of rotatable bonds is 4. The second-order valence-electron chi connectivity index (χ2n) is 6.34. The molecule has 0 aromatic heterocycles. The summed E-state index contributed by atoms with van der Waals surface area (Å²) in [6, 6.07) is 0. The highest BCUT2D eigenvalue weighted by atomic mass is 32.2. The minimum absolute atomic E-state index is 0.413. The van der Waals surface area contributed by atoms with Crippen LogP contribution in [0, 0.1) is 10.8 Å². The third kappa shape index (κ3) is 5.29. The first kappa shape index (κ1) is 14.3. The van der Waals surface area contributed by atoms with Crippen LogP contribution >= 0.6 is 11.8 Å². The van der Waals surface area contributed by atoms with Crippen molar-refractivity contribution in [2.24, 2.45) is 10.8 Å². The molecule has 0 saturated heterocycles. The van der Waals surface area contributed by atoms with E-state index >= 15 is 0 Å². The van der Waals surface area contributed by atoms with Crippen LogP contribution in [0.5, 0.6) is 0 Å². The van der Waals surface area contributed by atoms with Gasteiger partial charge in [0.05, 0.1) is 0 Å². The van der Waals surface area contributed by atoms with E-state index in [2.05, 4.69) is 60.2 Å². The van der Waals surface area contributed by atoms with Gasteiger partial charge >= 0.3 is 0 Å². The first-order valence-corrected chi connectivity index (χ1v) is 6.86. The largest absolute Gasteiger partial charge is 0.157 e. The third-order valence-electron chi connectivity index (χ3n) is 2.36. The molecule has 0 radical (unpaired) electrons. The Labute approximate surface area is 95.2 Å². The Bertz CT molecular complexity index is 134. The zero-order valence-corrected chi connectivity index (χ0v) is 11.9. The molecule has 0 fully saturated rings. The zero-order valence-electron chi connectivity index (χ0n) is 11.1. The second kappa shape index (κ2) is 5.44. The predicted molar refractivity (Wildman–Crippen MR) is 70.1 cm³/mol. The third-order valence-corrected chi connectivity index (χ3v) is 4.63. The summed E-state index contributed by atoms with van der Waals surface area (Å²) in [7, 11) is 0. The first-order valence-electron chi connectivity index (χ1n) is 5.81. The van der Waals surface area contributed by atoms with E-state index < -0.39 is 0 Å². The van der Waals surface area contributed by atoms with Crippen LogP contribution in [0.4, 0.5) is 0 Å². The fourth-order valence-corrected chi connectivity index (χ4v) is 3.84. The van der Waals surface area contributed by atoms with Crippen molar-refractivity contribution >= 4 is 11.8 Å². The van der Waals surface area contributed by atoms with E-state index in [4.69, 9.17) is 0 Å². The maximum atomic E-state index is 2.36. The van der Waals surface area contributed by atoms with E-state index in [1.165, 1.54) is 18.6 Å². The van der Waals surface area contributed by atoms with Gasteiger partial charge in [-0.3, -0.25) is 0 Å². The van der Waals surface area contributed by atoms with Gasteiger partial charge in [-0.25, -0.2) is 0 Å².